The van der Waals surface area contributed by atoms with Gasteiger partial charge in [-0.15, -0.1) is 0 Å². The summed E-state index contributed by atoms with van der Waals surface area (Å²) < 4.78 is 0. The van der Waals surface area contributed by atoms with Crippen LogP contribution < -0.4 is 10.6 Å². The van der Waals surface area contributed by atoms with Crippen molar-refractivity contribution in [1.29, 1.82) is 0 Å². The third-order valence-electron chi connectivity index (χ3n) is 3.78. The maximum absolute atomic E-state index is 11.7. The van der Waals surface area contributed by atoms with E-state index in [1.165, 1.54) is 12.8 Å². The van der Waals surface area contributed by atoms with Crippen molar-refractivity contribution in [3.05, 3.63) is 35.4 Å². The molecule has 0 aliphatic heterocycles. The fourth-order valence-corrected chi connectivity index (χ4v) is 2.56. The Labute approximate surface area is 119 Å². The zero-order valence-electron chi connectivity index (χ0n) is 11.9. The van der Waals surface area contributed by atoms with Crippen molar-refractivity contribution in [3.63, 3.8) is 0 Å². The van der Waals surface area contributed by atoms with Crippen LogP contribution in [0.1, 0.15) is 43.2 Å². The number of hydrogen-bond acceptors (Lipinski definition) is 2. The second-order valence-corrected chi connectivity index (χ2v) is 5.43. The summed E-state index contributed by atoms with van der Waals surface area (Å²) in [7, 11) is 0. The molecule has 20 heavy (non-hydrogen) atoms. The number of nitrogens with one attached hydrogen (secondary N) is 2. The van der Waals surface area contributed by atoms with Gasteiger partial charge < -0.3 is 10.6 Å². The maximum atomic E-state index is 11.7. The molecule has 1 aliphatic rings. The summed E-state index contributed by atoms with van der Waals surface area (Å²) in [5.41, 5.74) is 2.22. The summed E-state index contributed by atoms with van der Waals surface area (Å²) in [6.45, 7) is 2.48. The molecule has 0 atom stereocenters. The molecular formula is C16H22N2O2. The molecular weight excluding hydrogens is 252 g/mol. The number of carbonyl (C=O) groups is 2. The van der Waals surface area contributed by atoms with E-state index in [4.69, 9.17) is 0 Å². The number of aryl methyl sites for hydroxylation is 1. The van der Waals surface area contributed by atoms with E-state index in [9.17, 15) is 9.59 Å². The van der Waals surface area contributed by atoms with E-state index in [-0.39, 0.29) is 24.3 Å². The quantitative estimate of drug-likeness (QED) is 0.807. The first-order chi connectivity index (χ1) is 9.65. The highest BCUT2D eigenvalue weighted by atomic mass is 16.2. The molecule has 0 saturated heterocycles. The van der Waals surface area contributed by atoms with Gasteiger partial charge in [0.15, 0.2) is 0 Å². The zero-order valence-corrected chi connectivity index (χ0v) is 11.9. The Morgan fingerprint density at radius 1 is 1.15 bits per heavy atom. The molecule has 0 heterocycles. The van der Waals surface area contributed by atoms with Crippen molar-refractivity contribution < 1.29 is 9.59 Å². The minimum absolute atomic E-state index is 0.0810. The lowest BCUT2D eigenvalue weighted by Crippen LogP contribution is -2.36. The number of benzene rings is 1. The standard InChI is InChI=1S/C16H22N2O2/c1-12-6-2-3-7-13(12)11-17-15(19)10-16(20)18-14-8-4-5-9-14/h2-3,6-7,14H,4-5,8-11H2,1H3,(H,17,19)(H,18,20). The first-order valence-corrected chi connectivity index (χ1v) is 7.25. The van der Waals surface area contributed by atoms with Crippen molar-refractivity contribution in [2.24, 2.45) is 0 Å². The van der Waals surface area contributed by atoms with Gasteiger partial charge in [-0.2, -0.15) is 0 Å². The highest BCUT2D eigenvalue weighted by molar-refractivity contribution is 5.96. The van der Waals surface area contributed by atoms with Crippen LogP contribution in [0, 0.1) is 6.92 Å². The Bertz CT molecular complexity index is 479. The van der Waals surface area contributed by atoms with Crippen molar-refractivity contribution in [2.45, 2.75) is 51.6 Å². The van der Waals surface area contributed by atoms with Crippen LogP contribution >= 0.6 is 0 Å². The Hall–Kier alpha value is -1.84. The van der Waals surface area contributed by atoms with Gasteiger partial charge >= 0.3 is 0 Å². The second kappa shape index (κ2) is 7.08. The van der Waals surface area contributed by atoms with Gasteiger partial charge in [0.05, 0.1) is 0 Å². The minimum Gasteiger partial charge on any atom is -0.353 e. The largest absolute Gasteiger partial charge is 0.353 e. The first-order valence-electron chi connectivity index (χ1n) is 7.25. The number of carbonyl (C=O) groups excluding carboxylic acids is 2. The van der Waals surface area contributed by atoms with Crippen molar-refractivity contribution >= 4 is 11.8 Å². The Morgan fingerprint density at radius 2 is 1.85 bits per heavy atom. The highest BCUT2D eigenvalue weighted by Crippen LogP contribution is 2.17. The predicted molar refractivity (Wildman–Crippen MR) is 78.0 cm³/mol. The van der Waals surface area contributed by atoms with E-state index in [1.807, 2.05) is 31.2 Å². The molecule has 2 N–H and O–H groups in total. The van der Waals surface area contributed by atoms with Crippen molar-refractivity contribution in [2.75, 3.05) is 0 Å². The molecule has 4 heteroatoms. The molecule has 0 radical (unpaired) electrons. The summed E-state index contributed by atoms with van der Waals surface area (Å²) in [6.07, 6.45) is 4.34. The summed E-state index contributed by atoms with van der Waals surface area (Å²) in [6, 6.07) is 8.17. The maximum Gasteiger partial charge on any atom is 0.229 e. The molecule has 0 bridgehead atoms. The normalized spacial score (nSPS) is 15.1. The minimum atomic E-state index is -0.219. The number of hydrogen-bond donors (Lipinski definition) is 2. The van der Waals surface area contributed by atoms with Crippen LogP contribution in [0.4, 0.5) is 0 Å². The number of rotatable bonds is 5. The Morgan fingerprint density at radius 3 is 2.55 bits per heavy atom. The molecule has 1 saturated carbocycles. The van der Waals surface area contributed by atoms with Crippen LogP contribution in [0.15, 0.2) is 24.3 Å². The lowest BCUT2D eigenvalue weighted by Gasteiger charge is -2.12. The topological polar surface area (TPSA) is 58.2 Å². The van der Waals surface area contributed by atoms with Gasteiger partial charge in [-0.1, -0.05) is 37.1 Å². The fraction of sp³-hybridized carbons (Fsp3) is 0.500. The molecule has 2 amide bonds. The monoisotopic (exact) mass is 274 g/mol. The van der Waals surface area contributed by atoms with Gasteiger partial charge in [0.2, 0.25) is 11.8 Å². The number of amides is 2. The third-order valence-corrected chi connectivity index (χ3v) is 3.78. The van der Waals surface area contributed by atoms with Gasteiger partial charge in [0, 0.05) is 12.6 Å². The van der Waals surface area contributed by atoms with Gasteiger partial charge in [0.25, 0.3) is 0 Å². The predicted octanol–water partition coefficient (Wildman–Crippen LogP) is 2.06. The van der Waals surface area contributed by atoms with E-state index < -0.39 is 0 Å². The van der Waals surface area contributed by atoms with Crippen LogP contribution in [-0.2, 0) is 16.1 Å². The van der Waals surface area contributed by atoms with Crippen LogP contribution in [0.2, 0.25) is 0 Å². The molecule has 1 aliphatic carbocycles. The Kier molecular flexibility index (Phi) is 5.16. The summed E-state index contributed by atoms with van der Waals surface area (Å²) >= 11 is 0. The van der Waals surface area contributed by atoms with E-state index in [0.717, 1.165) is 24.0 Å². The lowest BCUT2D eigenvalue weighted by molar-refractivity contribution is -0.129. The SMILES string of the molecule is Cc1ccccc1CNC(=O)CC(=O)NC1CCCC1. The van der Waals surface area contributed by atoms with Crippen LogP contribution in [0.25, 0.3) is 0 Å². The molecule has 1 aromatic carbocycles. The Balaban J connectivity index is 1.72. The summed E-state index contributed by atoms with van der Waals surface area (Å²) in [5, 5.41) is 5.72. The lowest BCUT2D eigenvalue weighted by atomic mass is 10.1. The molecule has 0 unspecified atom stereocenters. The molecule has 1 aromatic rings. The fourth-order valence-electron chi connectivity index (χ4n) is 2.56. The molecule has 1 fully saturated rings. The average Bonchev–Trinajstić information content (AvgIpc) is 2.90. The summed E-state index contributed by atoms with van der Waals surface area (Å²) in [4.78, 5) is 23.5. The van der Waals surface area contributed by atoms with Gasteiger partial charge in [-0.25, -0.2) is 0 Å². The van der Waals surface area contributed by atoms with E-state index in [0.29, 0.717) is 6.54 Å². The molecule has 0 aromatic heterocycles. The highest BCUT2D eigenvalue weighted by Gasteiger charge is 2.18. The smallest absolute Gasteiger partial charge is 0.229 e. The van der Waals surface area contributed by atoms with Gasteiger partial charge in [-0.05, 0) is 30.9 Å². The molecule has 108 valence electrons. The third kappa shape index (κ3) is 4.37. The van der Waals surface area contributed by atoms with Gasteiger partial charge in [-0.3, -0.25) is 9.59 Å². The zero-order chi connectivity index (χ0) is 14.4. The van der Waals surface area contributed by atoms with E-state index >= 15 is 0 Å². The van der Waals surface area contributed by atoms with E-state index in [1.54, 1.807) is 0 Å². The van der Waals surface area contributed by atoms with Gasteiger partial charge in [0.1, 0.15) is 6.42 Å². The summed E-state index contributed by atoms with van der Waals surface area (Å²) in [5.74, 6) is -0.386. The van der Waals surface area contributed by atoms with Crippen LogP contribution in [0.3, 0.4) is 0 Å². The van der Waals surface area contributed by atoms with Crippen LogP contribution in [-0.4, -0.2) is 17.9 Å². The molecule has 0 spiro atoms. The van der Waals surface area contributed by atoms with E-state index in [2.05, 4.69) is 10.6 Å². The van der Waals surface area contributed by atoms with Crippen LogP contribution in [0.5, 0.6) is 0 Å². The first kappa shape index (κ1) is 14.6. The van der Waals surface area contributed by atoms with Crippen molar-refractivity contribution in [1.82, 2.24) is 10.6 Å². The van der Waals surface area contributed by atoms with Crippen molar-refractivity contribution in [3.8, 4) is 0 Å². The average molecular weight is 274 g/mol. The second-order valence-electron chi connectivity index (χ2n) is 5.43. The molecule has 4 nitrogen and oxygen atoms in total. The molecule has 2 rings (SSSR count).